The lowest BCUT2D eigenvalue weighted by atomic mass is 9.86. The van der Waals surface area contributed by atoms with E-state index in [9.17, 15) is 14.4 Å². The van der Waals surface area contributed by atoms with E-state index >= 15 is 0 Å². The number of ether oxygens (including phenoxy) is 3. The second-order valence-electron chi connectivity index (χ2n) is 12.7. The third-order valence-corrected chi connectivity index (χ3v) is 8.29. The summed E-state index contributed by atoms with van der Waals surface area (Å²) in [6, 6.07) is 8.64. The Morgan fingerprint density at radius 3 is 2.07 bits per heavy atom. The number of unbranched alkanes of at least 4 members (excludes halogenated alkanes) is 11. The Kier molecular flexibility index (Phi) is 18.7. The summed E-state index contributed by atoms with van der Waals surface area (Å²) in [7, 11) is 0. The molecule has 1 amide bonds. The molecule has 1 heterocycles. The van der Waals surface area contributed by atoms with Crippen molar-refractivity contribution in [3.63, 3.8) is 0 Å². The van der Waals surface area contributed by atoms with Crippen molar-refractivity contribution in [2.45, 2.75) is 162 Å². The zero-order valence-electron chi connectivity index (χ0n) is 27.5. The van der Waals surface area contributed by atoms with Crippen LogP contribution >= 0.6 is 0 Å². The van der Waals surface area contributed by atoms with Gasteiger partial charge in [-0.3, -0.25) is 4.79 Å². The molecule has 7 nitrogen and oxygen atoms in total. The molecule has 0 bridgehead atoms. The van der Waals surface area contributed by atoms with E-state index in [4.69, 9.17) is 14.2 Å². The number of nitrogens with one attached hydrogen (secondary N) is 1. The minimum Gasteiger partial charge on any atom is -0.461 e. The summed E-state index contributed by atoms with van der Waals surface area (Å²) in [6.07, 6.45) is 16.7. The van der Waals surface area contributed by atoms with Crippen LogP contribution in [0.15, 0.2) is 30.3 Å². The quantitative estimate of drug-likeness (QED) is 0.0722. The number of carbonyl (C=O) groups is 3. The number of cyclic esters (lactones) is 1. The summed E-state index contributed by atoms with van der Waals surface area (Å²) < 4.78 is 17.0. The van der Waals surface area contributed by atoms with Gasteiger partial charge in [0.05, 0.1) is 5.92 Å². The fraction of sp³-hybridized carbons (Fsp3) is 0.750. The predicted molar refractivity (Wildman–Crippen MR) is 171 cm³/mol. The summed E-state index contributed by atoms with van der Waals surface area (Å²) in [5.41, 5.74) is 0.876. The number of alkyl carbamates (subject to hydrolysis) is 1. The molecular weight excluding hydrogens is 542 g/mol. The Labute approximate surface area is 261 Å². The molecule has 1 saturated heterocycles. The van der Waals surface area contributed by atoms with Crippen molar-refractivity contribution in [3.05, 3.63) is 35.9 Å². The van der Waals surface area contributed by atoms with Crippen LogP contribution in [0.3, 0.4) is 0 Å². The van der Waals surface area contributed by atoms with Gasteiger partial charge in [-0.25, -0.2) is 9.59 Å². The monoisotopic (exact) mass is 601 g/mol. The van der Waals surface area contributed by atoms with Crippen molar-refractivity contribution < 1.29 is 28.6 Å². The standard InChI is InChI=1S/C36H59NO6/c1-5-7-9-11-12-13-14-15-19-23-30(26-33-31(34(38)43-33)24-20-10-8-6-2)42-35(39)32(25-28(3)4)37-36(40)41-27-29-21-17-16-18-22-29/h16-18,21-22,28,30-33H,5-15,19-20,23-27H2,1-4H3,(H,37,40)/t30-,31-,32-,33-/m0/s1. The van der Waals surface area contributed by atoms with Crippen LogP contribution in [0.4, 0.5) is 4.79 Å². The Morgan fingerprint density at radius 1 is 0.860 bits per heavy atom. The number of hydrogen-bond donors (Lipinski definition) is 1. The maximum absolute atomic E-state index is 13.4. The lowest BCUT2D eigenvalue weighted by Crippen LogP contribution is -2.48. The molecule has 1 N–H and O–H groups in total. The minimum atomic E-state index is -0.803. The molecule has 244 valence electrons. The van der Waals surface area contributed by atoms with E-state index in [1.807, 2.05) is 44.2 Å². The van der Waals surface area contributed by atoms with Crippen LogP contribution in [0.5, 0.6) is 0 Å². The zero-order valence-corrected chi connectivity index (χ0v) is 27.5. The first-order valence-electron chi connectivity index (χ1n) is 17.2. The largest absolute Gasteiger partial charge is 0.461 e. The summed E-state index contributed by atoms with van der Waals surface area (Å²) in [6.45, 7) is 8.56. The van der Waals surface area contributed by atoms with Gasteiger partial charge >= 0.3 is 18.0 Å². The van der Waals surface area contributed by atoms with E-state index in [0.29, 0.717) is 12.8 Å². The van der Waals surface area contributed by atoms with Gasteiger partial charge < -0.3 is 19.5 Å². The van der Waals surface area contributed by atoms with Crippen LogP contribution in [0.2, 0.25) is 0 Å². The van der Waals surface area contributed by atoms with Gasteiger partial charge in [-0.2, -0.15) is 0 Å². The summed E-state index contributed by atoms with van der Waals surface area (Å²) >= 11 is 0. The Hall–Kier alpha value is -2.57. The fourth-order valence-corrected chi connectivity index (χ4v) is 5.71. The zero-order chi connectivity index (χ0) is 31.3. The molecule has 7 heteroatoms. The van der Waals surface area contributed by atoms with Gasteiger partial charge in [0.15, 0.2) is 0 Å². The molecule has 1 fully saturated rings. The van der Waals surface area contributed by atoms with Gasteiger partial charge in [0.1, 0.15) is 24.9 Å². The van der Waals surface area contributed by atoms with Crippen molar-refractivity contribution in [1.29, 1.82) is 0 Å². The number of hydrogen-bond acceptors (Lipinski definition) is 6. The number of rotatable bonds is 24. The van der Waals surface area contributed by atoms with E-state index in [2.05, 4.69) is 19.2 Å². The Morgan fingerprint density at radius 2 is 1.47 bits per heavy atom. The van der Waals surface area contributed by atoms with E-state index in [-0.39, 0.29) is 36.6 Å². The first-order valence-corrected chi connectivity index (χ1v) is 17.2. The van der Waals surface area contributed by atoms with Crippen molar-refractivity contribution in [3.8, 4) is 0 Å². The molecule has 43 heavy (non-hydrogen) atoms. The second-order valence-corrected chi connectivity index (χ2v) is 12.7. The molecule has 0 unspecified atom stereocenters. The number of benzene rings is 1. The van der Waals surface area contributed by atoms with E-state index in [1.165, 1.54) is 51.4 Å². The van der Waals surface area contributed by atoms with Gasteiger partial charge in [0.2, 0.25) is 0 Å². The van der Waals surface area contributed by atoms with Crippen molar-refractivity contribution >= 4 is 18.0 Å². The predicted octanol–water partition coefficient (Wildman–Crippen LogP) is 9.06. The molecule has 4 atom stereocenters. The van der Waals surface area contributed by atoms with Crippen molar-refractivity contribution in [1.82, 2.24) is 5.32 Å². The smallest absolute Gasteiger partial charge is 0.408 e. The molecule has 1 aliphatic rings. The molecule has 1 aliphatic heterocycles. The van der Waals surface area contributed by atoms with Gasteiger partial charge in [-0.1, -0.05) is 135 Å². The van der Waals surface area contributed by atoms with Crippen LogP contribution < -0.4 is 5.32 Å². The van der Waals surface area contributed by atoms with Gasteiger partial charge in [-0.05, 0) is 37.2 Å². The summed E-state index contributed by atoms with van der Waals surface area (Å²) in [5.74, 6) is -0.520. The van der Waals surface area contributed by atoms with Gasteiger partial charge in [0, 0.05) is 6.42 Å². The lowest BCUT2D eigenvalue weighted by molar-refractivity contribution is -0.190. The van der Waals surface area contributed by atoms with Crippen LogP contribution in [0, 0.1) is 11.8 Å². The summed E-state index contributed by atoms with van der Waals surface area (Å²) in [5, 5.41) is 2.74. The molecular formula is C36H59NO6. The summed E-state index contributed by atoms with van der Waals surface area (Å²) in [4.78, 5) is 38.3. The Balaban J connectivity index is 1.94. The van der Waals surface area contributed by atoms with Crippen LogP contribution in [-0.2, 0) is 30.4 Å². The first-order chi connectivity index (χ1) is 20.8. The van der Waals surface area contributed by atoms with E-state index in [0.717, 1.165) is 50.5 Å². The second kappa shape index (κ2) is 22.0. The van der Waals surface area contributed by atoms with Gasteiger partial charge in [0.25, 0.3) is 0 Å². The van der Waals surface area contributed by atoms with E-state index < -0.39 is 18.1 Å². The van der Waals surface area contributed by atoms with Crippen LogP contribution in [0.25, 0.3) is 0 Å². The Bertz CT molecular complexity index is 904. The highest BCUT2D eigenvalue weighted by atomic mass is 16.6. The molecule has 0 radical (unpaired) electrons. The van der Waals surface area contributed by atoms with Crippen LogP contribution in [-0.4, -0.2) is 36.3 Å². The topological polar surface area (TPSA) is 90.9 Å². The van der Waals surface area contributed by atoms with Crippen LogP contribution in [0.1, 0.15) is 142 Å². The molecule has 0 spiro atoms. The molecule has 1 aromatic carbocycles. The van der Waals surface area contributed by atoms with Gasteiger partial charge in [-0.15, -0.1) is 0 Å². The first kappa shape index (κ1) is 36.6. The highest BCUT2D eigenvalue weighted by Gasteiger charge is 2.43. The van der Waals surface area contributed by atoms with E-state index in [1.54, 1.807) is 0 Å². The SMILES string of the molecule is CCCCCCCCCCC[C@@H](C[C@@H]1OC(=O)[C@H]1CCCCCC)OC(=O)[C@H](CC(C)C)NC(=O)OCc1ccccc1. The molecule has 0 saturated carbocycles. The maximum atomic E-state index is 13.4. The molecule has 0 aromatic heterocycles. The number of carbonyl (C=O) groups excluding carboxylic acids is 3. The highest BCUT2D eigenvalue weighted by Crippen LogP contribution is 2.33. The fourth-order valence-electron chi connectivity index (χ4n) is 5.71. The normalized spacial score (nSPS) is 17.6. The van der Waals surface area contributed by atoms with Crippen molar-refractivity contribution in [2.75, 3.05) is 0 Å². The molecule has 2 rings (SSSR count). The average molecular weight is 602 g/mol. The molecule has 1 aromatic rings. The average Bonchev–Trinajstić information content (AvgIpc) is 2.98. The third kappa shape index (κ3) is 15.6. The van der Waals surface area contributed by atoms with Crippen molar-refractivity contribution in [2.24, 2.45) is 11.8 Å². The minimum absolute atomic E-state index is 0.112. The number of esters is 2. The molecule has 0 aliphatic carbocycles. The third-order valence-electron chi connectivity index (χ3n) is 8.29. The number of amides is 1. The lowest BCUT2D eigenvalue weighted by Gasteiger charge is -2.37. The highest BCUT2D eigenvalue weighted by molar-refractivity contribution is 5.81. The maximum Gasteiger partial charge on any atom is 0.408 e.